The number of nitrogens with one attached hydrogen (secondary N) is 1. The third-order valence-electron chi connectivity index (χ3n) is 5.39. The first-order valence-electron chi connectivity index (χ1n) is 9.88. The van der Waals surface area contributed by atoms with Crippen molar-refractivity contribution in [1.29, 1.82) is 0 Å². The Morgan fingerprint density at radius 1 is 0.867 bits per heavy atom. The fraction of sp³-hybridized carbons (Fsp3) is 0.125. The molecule has 4 heterocycles. The van der Waals surface area contributed by atoms with E-state index >= 15 is 0 Å². The van der Waals surface area contributed by atoms with Gasteiger partial charge in [-0.2, -0.15) is 0 Å². The molecule has 1 fully saturated rings. The van der Waals surface area contributed by atoms with Crippen LogP contribution < -0.4 is 10.2 Å². The second-order valence-corrected chi connectivity index (χ2v) is 7.71. The van der Waals surface area contributed by atoms with Gasteiger partial charge in [0.2, 0.25) is 0 Å². The number of rotatable bonds is 4. The maximum absolute atomic E-state index is 5.81. The Labute approximate surface area is 181 Å². The second-order valence-electron chi connectivity index (χ2n) is 7.32. The lowest BCUT2D eigenvalue weighted by atomic mass is 10.0. The highest BCUT2D eigenvalue weighted by Crippen LogP contribution is 2.42. The molecule has 148 valence electrons. The van der Waals surface area contributed by atoms with Crippen molar-refractivity contribution in [1.82, 2.24) is 19.9 Å². The van der Waals surface area contributed by atoms with E-state index in [1.807, 2.05) is 61.1 Å². The highest BCUT2D eigenvalue weighted by Gasteiger charge is 2.42. The summed E-state index contributed by atoms with van der Waals surface area (Å²) in [6.07, 6.45) is 5.68. The predicted octanol–water partition coefficient (Wildman–Crippen LogP) is 4.75. The molecule has 2 atom stereocenters. The number of benzene rings is 1. The molecule has 0 spiro atoms. The minimum absolute atomic E-state index is 0.0767. The number of pyridine rings is 2. The molecule has 5 rings (SSSR count). The van der Waals surface area contributed by atoms with Crippen LogP contribution in [0.4, 0.5) is 5.69 Å². The van der Waals surface area contributed by atoms with Gasteiger partial charge < -0.3 is 14.8 Å². The van der Waals surface area contributed by atoms with Crippen molar-refractivity contribution >= 4 is 23.0 Å². The van der Waals surface area contributed by atoms with Crippen molar-refractivity contribution in [3.8, 4) is 5.82 Å². The van der Waals surface area contributed by atoms with E-state index in [2.05, 4.69) is 62.0 Å². The molecule has 1 N–H and O–H groups in total. The highest BCUT2D eigenvalue weighted by molar-refractivity contribution is 7.80. The molecule has 1 aliphatic rings. The lowest BCUT2D eigenvalue weighted by Gasteiger charge is -2.28. The zero-order valence-corrected chi connectivity index (χ0v) is 17.3. The Morgan fingerprint density at radius 2 is 1.63 bits per heavy atom. The molecule has 0 saturated carbocycles. The number of thiocarbonyl (C=S) groups is 1. The van der Waals surface area contributed by atoms with Gasteiger partial charge in [-0.25, -0.2) is 4.98 Å². The second kappa shape index (κ2) is 7.72. The molecule has 3 aromatic heterocycles. The van der Waals surface area contributed by atoms with Crippen LogP contribution in [0.5, 0.6) is 0 Å². The van der Waals surface area contributed by atoms with Gasteiger partial charge in [0, 0.05) is 30.0 Å². The Hall–Kier alpha value is -3.51. The quantitative estimate of drug-likeness (QED) is 0.491. The first-order valence-corrected chi connectivity index (χ1v) is 10.3. The van der Waals surface area contributed by atoms with Gasteiger partial charge in [-0.1, -0.05) is 29.8 Å². The molecular weight excluding hydrogens is 390 g/mol. The van der Waals surface area contributed by atoms with Gasteiger partial charge in [-0.3, -0.25) is 4.98 Å². The van der Waals surface area contributed by atoms with Crippen LogP contribution in [0.25, 0.3) is 5.82 Å². The summed E-state index contributed by atoms with van der Waals surface area (Å²) >= 11 is 5.81. The molecule has 1 saturated heterocycles. The summed E-state index contributed by atoms with van der Waals surface area (Å²) < 4.78 is 2.12. The molecule has 1 aliphatic heterocycles. The maximum atomic E-state index is 5.81. The SMILES string of the molecule is Cc1ccc(N2C(=S)N[C@@H](c3ccccn3)[C@@H]2c2cccn2-c2ccccn2)cc1. The summed E-state index contributed by atoms with van der Waals surface area (Å²) in [6.45, 7) is 2.09. The minimum atomic E-state index is -0.0858. The van der Waals surface area contributed by atoms with Crippen LogP contribution in [0.15, 0.2) is 91.4 Å². The van der Waals surface area contributed by atoms with Gasteiger partial charge in [-0.05, 0) is 67.7 Å². The molecule has 0 bridgehead atoms. The standard InChI is InChI=1S/C24H21N5S/c1-17-10-12-18(13-11-17)29-23(22(27-24(29)30)19-7-2-4-14-25-19)20-8-6-16-28(20)21-9-3-5-15-26-21/h2-16,22-23H,1H3,(H,27,30)/t22-,23-/m0/s1. The maximum Gasteiger partial charge on any atom is 0.174 e. The topological polar surface area (TPSA) is 46.0 Å². The van der Waals surface area contributed by atoms with Crippen LogP contribution in [0, 0.1) is 6.92 Å². The fourth-order valence-corrected chi connectivity index (χ4v) is 4.32. The van der Waals surface area contributed by atoms with E-state index in [1.54, 1.807) is 0 Å². The average Bonchev–Trinajstić information content (AvgIpc) is 3.40. The molecule has 0 unspecified atom stereocenters. The average molecular weight is 412 g/mol. The van der Waals surface area contributed by atoms with E-state index in [9.17, 15) is 0 Å². The van der Waals surface area contributed by atoms with Gasteiger partial charge in [-0.15, -0.1) is 0 Å². The van der Waals surface area contributed by atoms with Crippen molar-refractivity contribution < 1.29 is 0 Å². The van der Waals surface area contributed by atoms with E-state index < -0.39 is 0 Å². The van der Waals surface area contributed by atoms with E-state index in [4.69, 9.17) is 12.2 Å². The Balaban J connectivity index is 1.67. The molecule has 1 aromatic carbocycles. The van der Waals surface area contributed by atoms with Crippen LogP contribution in [0.3, 0.4) is 0 Å². The Kier molecular flexibility index (Phi) is 4.77. The number of hydrogen-bond acceptors (Lipinski definition) is 3. The zero-order chi connectivity index (χ0) is 20.5. The summed E-state index contributed by atoms with van der Waals surface area (Å²) in [4.78, 5) is 11.4. The molecule has 6 heteroatoms. The molecule has 30 heavy (non-hydrogen) atoms. The van der Waals surface area contributed by atoms with Gasteiger partial charge in [0.15, 0.2) is 5.11 Å². The van der Waals surface area contributed by atoms with E-state index in [0.29, 0.717) is 5.11 Å². The lowest BCUT2D eigenvalue weighted by molar-refractivity contribution is 0.548. The summed E-state index contributed by atoms with van der Waals surface area (Å²) in [5.74, 6) is 0.874. The smallest absolute Gasteiger partial charge is 0.174 e. The lowest BCUT2D eigenvalue weighted by Crippen LogP contribution is -2.30. The van der Waals surface area contributed by atoms with Gasteiger partial charge in [0.25, 0.3) is 0 Å². The molecule has 0 aliphatic carbocycles. The van der Waals surface area contributed by atoms with E-state index in [-0.39, 0.29) is 12.1 Å². The summed E-state index contributed by atoms with van der Waals surface area (Å²) in [6, 6.07) is 24.4. The van der Waals surface area contributed by atoms with Crippen molar-refractivity contribution in [3.63, 3.8) is 0 Å². The number of anilines is 1. The number of hydrogen-bond donors (Lipinski definition) is 1. The molecule has 0 amide bonds. The van der Waals surface area contributed by atoms with Crippen molar-refractivity contribution in [3.05, 3.63) is 108 Å². The van der Waals surface area contributed by atoms with Gasteiger partial charge in [0.05, 0.1) is 11.7 Å². The van der Waals surface area contributed by atoms with Crippen LogP contribution in [-0.2, 0) is 0 Å². The van der Waals surface area contributed by atoms with Gasteiger partial charge >= 0.3 is 0 Å². The molecule has 5 nitrogen and oxygen atoms in total. The first-order chi connectivity index (χ1) is 14.7. The summed E-state index contributed by atoms with van der Waals surface area (Å²) in [5.41, 5.74) is 4.31. The Morgan fingerprint density at radius 3 is 2.33 bits per heavy atom. The van der Waals surface area contributed by atoms with Crippen molar-refractivity contribution in [2.24, 2.45) is 0 Å². The van der Waals surface area contributed by atoms with Crippen LogP contribution in [-0.4, -0.2) is 19.6 Å². The van der Waals surface area contributed by atoms with E-state index in [0.717, 1.165) is 22.9 Å². The Bertz CT molecular complexity index is 1160. The number of aromatic nitrogens is 3. The molecular formula is C24H21N5S. The molecule has 0 radical (unpaired) electrons. The van der Waals surface area contributed by atoms with Gasteiger partial charge in [0.1, 0.15) is 11.9 Å². The van der Waals surface area contributed by atoms with E-state index in [1.165, 1.54) is 5.56 Å². The first kappa shape index (κ1) is 18.5. The van der Waals surface area contributed by atoms with Crippen LogP contribution in [0.1, 0.15) is 29.0 Å². The third-order valence-corrected chi connectivity index (χ3v) is 5.70. The zero-order valence-electron chi connectivity index (χ0n) is 16.5. The highest BCUT2D eigenvalue weighted by atomic mass is 32.1. The fourth-order valence-electron chi connectivity index (χ4n) is 3.98. The summed E-state index contributed by atoms with van der Waals surface area (Å²) in [5, 5.41) is 4.20. The third kappa shape index (κ3) is 3.25. The normalized spacial score (nSPS) is 18.4. The largest absolute Gasteiger partial charge is 0.351 e. The molecule has 4 aromatic rings. The van der Waals surface area contributed by atoms with Crippen molar-refractivity contribution in [2.75, 3.05) is 4.90 Å². The monoisotopic (exact) mass is 411 g/mol. The minimum Gasteiger partial charge on any atom is -0.351 e. The van der Waals surface area contributed by atoms with Crippen LogP contribution in [0.2, 0.25) is 0 Å². The van der Waals surface area contributed by atoms with Crippen molar-refractivity contribution in [2.45, 2.75) is 19.0 Å². The number of aryl methyl sites for hydroxylation is 1. The number of nitrogens with zero attached hydrogens (tertiary/aromatic N) is 4. The predicted molar refractivity (Wildman–Crippen MR) is 123 cm³/mol. The summed E-state index contributed by atoms with van der Waals surface area (Å²) in [7, 11) is 0. The van der Waals surface area contributed by atoms with Crippen LogP contribution >= 0.6 is 12.2 Å².